The smallest absolute Gasteiger partial charge is 0.253 e. The van der Waals surface area contributed by atoms with Crippen molar-refractivity contribution in [2.45, 2.75) is 38.6 Å². The molecule has 1 aliphatic heterocycles. The summed E-state index contributed by atoms with van der Waals surface area (Å²) >= 11 is 0. The predicted molar refractivity (Wildman–Crippen MR) is 104 cm³/mol. The molecule has 0 radical (unpaired) electrons. The number of amides is 2. The number of benzene rings is 1. The Labute approximate surface area is 164 Å². The molecule has 0 bridgehead atoms. The molecule has 1 aromatic carbocycles. The number of piperidine rings is 1. The molecule has 1 aromatic heterocycles. The molecule has 146 valence electrons. The van der Waals surface area contributed by atoms with Crippen molar-refractivity contribution >= 4 is 11.8 Å². The van der Waals surface area contributed by atoms with E-state index < -0.39 is 6.04 Å². The maximum atomic E-state index is 13.9. The van der Waals surface area contributed by atoms with Crippen molar-refractivity contribution in [2.75, 3.05) is 13.1 Å². The molecule has 1 unspecified atom stereocenters. The molecule has 4 rings (SSSR count). The summed E-state index contributed by atoms with van der Waals surface area (Å²) in [6.07, 6.45) is 6.13. The van der Waals surface area contributed by atoms with Crippen LogP contribution in [-0.4, -0.2) is 40.8 Å². The number of pyridine rings is 1. The van der Waals surface area contributed by atoms with Crippen molar-refractivity contribution < 1.29 is 14.0 Å². The van der Waals surface area contributed by atoms with E-state index in [1.165, 1.54) is 25.1 Å². The summed E-state index contributed by atoms with van der Waals surface area (Å²) in [4.78, 5) is 31.2. The van der Waals surface area contributed by atoms with E-state index in [-0.39, 0.29) is 17.6 Å². The first-order chi connectivity index (χ1) is 13.5. The number of aromatic nitrogens is 1. The topological polar surface area (TPSA) is 62.3 Å². The first-order valence-corrected chi connectivity index (χ1v) is 9.78. The second kappa shape index (κ2) is 7.34. The van der Waals surface area contributed by atoms with Gasteiger partial charge >= 0.3 is 0 Å². The number of likely N-dealkylation sites (tertiary alicyclic amines) is 1. The van der Waals surface area contributed by atoms with Crippen LogP contribution in [-0.2, 0) is 4.79 Å². The lowest BCUT2D eigenvalue weighted by Crippen LogP contribution is -2.49. The van der Waals surface area contributed by atoms with Gasteiger partial charge in [-0.2, -0.15) is 0 Å². The van der Waals surface area contributed by atoms with E-state index in [0.717, 1.165) is 25.9 Å². The minimum Gasteiger partial charge on any atom is -0.341 e. The van der Waals surface area contributed by atoms with Crippen molar-refractivity contribution in [2.24, 2.45) is 5.41 Å². The zero-order valence-electron chi connectivity index (χ0n) is 16.0. The summed E-state index contributed by atoms with van der Waals surface area (Å²) in [5.41, 5.74) is 1.70. The summed E-state index contributed by atoms with van der Waals surface area (Å²) in [6, 6.07) is 8.98. The standard InChI is InChI=1S/C22H24FN3O2/c1-15(21(28)26-12-10-22(8-9-22)11-13-26)25-20(27)16-6-7-19(24-14-16)17-4-2-3-5-18(17)23/h2-7,14-15H,8-13H2,1H3,(H,25,27). The summed E-state index contributed by atoms with van der Waals surface area (Å²) in [5.74, 6) is -0.759. The highest BCUT2D eigenvalue weighted by Crippen LogP contribution is 2.53. The van der Waals surface area contributed by atoms with Crippen LogP contribution in [0.25, 0.3) is 11.3 Å². The fourth-order valence-electron chi connectivity index (χ4n) is 3.85. The van der Waals surface area contributed by atoms with Gasteiger partial charge in [-0.25, -0.2) is 4.39 Å². The molecule has 2 fully saturated rings. The van der Waals surface area contributed by atoms with Gasteiger partial charge < -0.3 is 10.2 Å². The van der Waals surface area contributed by atoms with Crippen molar-refractivity contribution in [3.63, 3.8) is 0 Å². The highest BCUT2D eigenvalue weighted by atomic mass is 19.1. The lowest BCUT2D eigenvalue weighted by atomic mass is 9.93. The summed E-state index contributed by atoms with van der Waals surface area (Å²) in [6.45, 7) is 3.26. The second-order valence-electron chi connectivity index (χ2n) is 7.93. The molecule has 2 aromatic rings. The largest absolute Gasteiger partial charge is 0.341 e. The van der Waals surface area contributed by atoms with Gasteiger partial charge in [-0.3, -0.25) is 14.6 Å². The Bertz CT molecular complexity index is 883. The molecule has 5 nitrogen and oxygen atoms in total. The minimum atomic E-state index is -0.591. The number of hydrogen-bond donors (Lipinski definition) is 1. The molecule has 1 N–H and O–H groups in total. The Morgan fingerprint density at radius 1 is 1.11 bits per heavy atom. The normalized spacial score (nSPS) is 18.6. The fourth-order valence-corrected chi connectivity index (χ4v) is 3.85. The molecule has 28 heavy (non-hydrogen) atoms. The molecule has 2 aliphatic rings. The van der Waals surface area contributed by atoms with Gasteiger partial charge in [0, 0.05) is 24.8 Å². The Hall–Kier alpha value is -2.76. The highest BCUT2D eigenvalue weighted by molar-refractivity contribution is 5.97. The first-order valence-electron chi connectivity index (χ1n) is 9.78. The Morgan fingerprint density at radius 2 is 1.82 bits per heavy atom. The monoisotopic (exact) mass is 381 g/mol. The number of carbonyl (C=O) groups excluding carboxylic acids is 2. The van der Waals surface area contributed by atoms with E-state index in [0.29, 0.717) is 22.2 Å². The van der Waals surface area contributed by atoms with Crippen LogP contribution in [0.2, 0.25) is 0 Å². The van der Waals surface area contributed by atoms with E-state index in [1.54, 1.807) is 37.3 Å². The van der Waals surface area contributed by atoms with Crippen LogP contribution >= 0.6 is 0 Å². The molecule has 1 aliphatic carbocycles. The van der Waals surface area contributed by atoms with Crippen LogP contribution in [0.3, 0.4) is 0 Å². The van der Waals surface area contributed by atoms with E-state index in [9.17, 15) is 14.0 Å². The first kappa shape index (κ1) is 18.6. The van der Waals surface area contributed by atoms with Crippen LogP contribution < -0.4 is 5.32 Å². The van der Waals surface area contributed by atoms with Crippen molar-refractivity contribution in [3.8, 4) is 11.3 Å². The number of hydrogen-bond acceptors (Lipinski definition) is 3. The van der Waals surface area contributed by atoms with Crippen LogP contribution in [0.15, 0.2) is 42.6 Å². The SMILES string of the molecule is CC(NC(=O)c1ccc(-c2ccccc2F)nc1)C(=O)N1CCC2(CC1)CC2. The van der Waals surface area contributed by atoms with Crippen LogP contribution in [0.1, 0.15) is 43.0 Å². The maximum absolute atomic E-state index is 13.9. The highest BCUT2D eigenvalue weighted by Gasteiger charge is 2.45. The van der Waals surface area contributed by atoms with Gasteiger partial charge in [0.15, 0.2) is 0 Å². The van der Waals surface area contributed by atoms with Gasteiger partial charge in [0.05, 0.1) is 11.3 Å². The van der Waals surface area contributed by atoms with E-state index in [4.69, 9.17) is 0 Å². The molecule has 1 saturated heterocycles. The summed E-state index contributed by atoms with van der Waals surface area (Å²) in [7, 11) is 0. The number of nitrogens with zero attached hydrogens (tertiary/aromatic N) is 2. The van der Waals surface area contributed by atoms with Gasteiger partial charge in [-0.15, -0.1) is 0 Å². The molecule has 6 heteroatoms. The second-order valence-corrected chi connectivity index (χ2v) is 7.93. The van der Waals surface area contributed by atoms with E-state index in [2.05, 4.69) is 10.3 Å². The third-order valence-corrected chi connectivity index (χ3v) is 5.99. The van der Waals surface area contributed by atoms with Gasteiger partial charge in [0.25, 0.3) is 5.91 Å². The number of halogens is 1. The fraction of sp³-hybridized carbons (Fsp3) is 0.409. The molecular formula is C22H24FN3O2. The minimum absolute atomic E-state index is 0.0419. The molecular weight excluding hydrogens is 357 g/mol. The lowest BCUT2D eigenvalue weighted by molar-refractivity contribution is -0.134. The zero-order valence-corrected chi connectivity index (χ0v) is 16.0. The van der Waals surface area contributed by atoms with Gasteiger partial charge in [-0.05, 0) is 62.3 Å². The molecule has 2 heterocycles. The third kappa shape index (κ3) is 3.77. The van der Waals surface area contributed by atoms with Gasteiger partial charge in [0.1, 0.15) is 11.9 Å². The zero-order chi connectivity index (χ0) is 19.7. The van der Waals surface area contributed by atoms with Crippen molar-refractivity contribution in [1.29, 1.82) is 0 Å². The van der Waals surface area contributed by atoms with Crippen LogP contribution in [0.4, 0.5) is 4.39 Å². The number of nitrogens with one attached hydrogen (secondary N) is 1. The summed E-state index contributed by atoms with van der Waals surface area (Å²) in [5, 5.41) is 2.76. The average molecular weight is 381 g/mol. The van der Waals surface area contributed by atoms with Gasteiger partial charge in [-0.1, -0.05) is 12.1 Å². The summed E-state index contributed by atoms with van der Waals surface area (Å²) < 4.78 is 13.9. The molecule has 1 spiro atoms. The van der Waals surface area contributed by atoms with E-state index in [1.807, 2.05) is 4.90 Å². The average Bonchev–Trinajstić information content (AvgIpc) is 3.47. The molecule has 1 atom stereocenters. The van der Waals surface area contributed by atoms with Crippen molar-refractivity contribution in [1.82, 2.24) is 15.2 Å². The maximum Gasteiger partial charge on any atom is 0.253 e. The Balaban J connectivity index is 1.36. The quantitative estimate of drug-likeness (QED) is 0.883. The lowest BCUT2D eigenvalue weighted by Gasteiger charge is -2.33. The molecule has 2 amide bonds. The number of rotatable bonds is 4. The Kier molecular flexibility index (Phi) is 4.87. The molecule has 1 saturated carbocycles. The predicted octanol–water partition coefficient (Wildman–Crippen LogP) is 3.41. The van der Waals surface area contributed by atoms with Crippen LogP contribution in [0.5, 0.6) is 0 Å². The Morgan fingerprint density at radius 3 is 2.43 bits per heavy atom. The van der Waals surface area contributed by atoms with Crippen LogP contribution in [0, 0.1) is 11.2 Å². The third-order valence-electron chi connectivity index (χ3n) is 5.99. The van der Waals surface area contributed by atoms with E-state index >= 15 is 0 Å². The van der Waals surface area contributed by atoms with Crippen molar-refractivity contribution in [3.05, 3.63) is 54.0 Å². The van der Waals surface area contributed by atoms with Gasteiger partial charge in [0.2, 0.25) is 5.91 Å². The number of carbonyl (C=O) groups is 2.